The first-order valence-electron chi connectivity index (χ1n) is 13.1. The van der Waals surface area contributed by atoms with Crippen LogP contribution >= 0.6 is 27.0 Å². The topological polar surface area (TPSA) is 284 Å². The molecule has 45 heavy (non-hydrogen) atoms. The van der Waals surface area contributed by atoms with E-state index in [1.807, 2.05) is 0 Å². The second kappa shape index (κ2) is 11.2. The number of nitrogen functional groups attached to an aromatic ring is 1. The molecule has 0 radical (unpaired) electrons. The van der Waals surface area contributed by atoms with E-state index in [9.17, 15) is 29.1 Å². The number of rotatable bonds is 2. The van der Waals surface area contributed by atoms with Crippen molar-refractivity contribution in [3.8, 4) is 0 Å². The normalized spacial score (nSPS) is 37.7. The molecule has 24 heteroatoms. The Hall–Kier alpha value is -2.75. The van der Waals surface area contributed by atoms with Gasteiger partial charge in [-0.1, -0.05) is 11.6 Å². The number of aliphatic hydroxyl groups is 2. The van der Waals surface area contributed by atoms with E-state index >= 15 is 0 Å². The largest absolute Gasteiger partial charge is 0.472 e. The highest BCUT2D eigenvalue weighted by atomic mass is 35.5. The minimum absolute atomic E-state index is 0.0426. The van der Waals surface area contributed by atoms with Crippen LogP contribution < -0.4 is 5.73 Å². The van der Waals surface area contributed by atoms with Gasteiger partial charge < -0.3 is 39.9 Å². The number of hydrogen-bond donors (Lipinski definition) is 5. The number of fused-ring (bicyclic) bond motifs is 4. The summed E-state index contributed by atoms with van der Waals surface area (Å²) in [6, 6.07) is 0. The Morgan fingerprint density at radius 1 is 0.933 bits per heavy atom. The van der Waals surface area contributed by atoms with Gasteiger partial charge in [0, 0.05) is 0 Å². The van der Waals surface area contributed by atoms with Crippen molar-refractivity contribution in [3.63, 3.8) is 0 Å². The average molecular weight is 692 g/mol. The summed E-state index contributed by atoms with van der Waals surface area (Å²) < 4.78 is 61.7. The molecule has 7 rings (SSSR count). The van der Waals surface area contributed by atoms with Crippen molar-refractivity contribution in [1.82, 2.24) is 39.0 Å². The number of phosphoric acid groups is 1. The lowest BCUT2D eigenvalue weighted by Crippen LogP contribution is -2.38. The Morgan fingerprint density at radius 3 is 2.40 bits per heavy atom. The number of aliphatic hydroxyl groups excluding tert-OH is 2. The number of aromatic nitrogens is 8. The Kier molecular flexibility index (Phi) is 7.68. The molecule has 6 N–H and O–H groups in total. The van der Waals surface area contributed by atoms with Crippen LogP contribution in [0.1, 0.15) is 18.3 Å². The van der Waals surface area contributed by atoms with Crippen LogP contribution in [0.15, 0.2) is 19.0 Å². The predicted octanol–water partition coefficient (Wildman–Crippen LogP) is -0.255. The van der Waals surface area contributed by atoms with Crippen LogP contribution in [0.4, 0.5) is 5.82 Å². The van der Waals surface area contributed by atoms with E-state index in [1.165, 1.54) is 21.8 Å². The fourth-order valence-corrected chi connectivity index (χ4v) is 7.50. The van der Waals surface area contributed by atoms with Gasteiger partial charge in [0.25, 0.3) is 0 Å². The van der Waals surface area contributed by atoms with Crippen LogP contribution in [0.5, 0.6) is 0 Å². The number of nitrogens with two attached hydrogens (primary N) is 1. The van der Waals surface area contributed by atoms with E-state index in [4.69, 9.17) is 45.1 Å². The third-order valence-electron chi connectivity index (χ3n) is 7.25. The van der Waals surface area contributed by atoms with Crippen LogP contribution in [0.2, 0.25) is 5.15 Å². The molecule has 10 atom stereocenters. The van der Waals surface area contributed by atoms with Gasteiger partial charge in [0.2, 0.25) is 0 Å². The molecule has 4 unspecified atom stereocenters. The van der Waals surface area contributed by atoms with Crippen molar-refractivity contribution in [2.75, 3.05) is 18.7 Å². The minimum atomic E-state index is -5.03. The number of phosphoric ester groups is 1. The average Bonchev–Trinajstić information content (AvgIpc) is 3.72. The van der Waals surface area contributed by atoms with Gasteiger partial charge in [0.15, 0.2) is 53.5 Å². The van der Waals surface area contributed by atoms with Crippen LogP contribution in [0.25, 0.3) is 22.3 Å². The zero-order valence-corrected chi connectivity index (χ0v) is 25.3. The highest BCUT2D eigenvalue weighted by Crippen LogP contribution is 2.53. The number of ether oxygens (including phenoxy) is 3. The van der Waals surface area contributed by atoms with E-state index in [0.29, 0.717) is 5.82 Å². The van der Waals surface area contributed by atoms with Gasteiger partial charge in [-0.15, -0.1) is 0 Å². The first kappa shape index (κ1) is 30.9. The van der Waals surface area contributed by atoms with Crippen molar-refractivity contribution < 1.29 is 56.9 Å². The van der Waals surface area contributed by atoms with Gasteiger partial charge >= 0.3 is 15.4 Å². The first-order valence-corrected chi connectivity index (χ1v) is 16.7. The van der Waals surface area contributed by atoms with Crippen molar-refractivity contribution in [1.29, 1.82) is 0 Å². The molecule has 4 aromatic heterocycles. The molecule has 3 fully saturated rings. The molecule has 0 aliphatic carbocycles. The Labute approximate surface area is 256 Å². The van der Waals surface area contributed by atoms with Crippen LogP contribution in [-0.2, 0) is 36.9 Å². The fraction of sp³-hybridized carbons (Fsp3) is 0.524. The van der Waals surface area contributed by atoms with Gasteiger partial charge in [-0.2, -0.15) is 0 Å². The number of aryl methyl sites for hydroxylation is 1. The third kappa shape index (κ3) is 5.52. The second-order valence-electron chi connectivity index (χ2n) is 10.2. The monoisotopic (exact) mass is 691 g/mol. The number of nitrogens with zero attached hydrogens (tertiary/aromatic N) is 8. The minimum Gasteiger partial charge on any atom is -0.386 e. The number of imidazole rings is 2. The number of anilines is 1. The van der Waals surface area contributed by atoms with E-state index in [-0.39, 0.29) is 33.3 Å². The highest BCUT2D eigenvalue weighted by molar-refractivity contribution is 7.52. The summed E-state index contributed by atoms with van der Waals surface area (Å²) in [5, 5.41) is 22.4. The van der Waals surface area contributed by atoms with E-state index in [1.54, 1.807) is 6.92 Å². The SMILES string of the molecule is Cc1nc(Cl)c2ncn([C@@H]3O[C@@H]4COP(=O)(O)O[C@@H]5C(O)[C@H](n6cnc7c(N)ncnc76)O[C@@H]5OCP(=O)(O)O[C@@H]4C3O)c2n1. The lowest BCUT2D eigenvalue weighted by molar-refractivity contribution is -0.168. The summed E-state index contributed by atoms with van der Waals surface area (Å²) in [7, 11) is -9.77. The molecule has 7 heterocycles. The lowest BCUT2D eigenvalue weighted by atomic mass is 10.1. The Morgan fingerprint density at radius 2 is 1.62 bits per heavy atom. The molecule has 21 nitrogen and oxygen atoms in total. The molecule has 3 aliphatic heterocycles. The Bertz CT molecular complexity index is 1880. The smallest absolute Gasteiger partial charge is 0.386 e. The zero-order chi connectivity index (χ0) is 31.8. The lowest BCUT2D eigenvalue weighted by Gasteiger charge is -2.28. The third-order valence-corrected chi connectivity index (χ3v) is 9.55. The van der Waals surface area contributed by atoms with Gasteiger partial charge in [-0.3, -0.25) is 27.3 Å². The zero-order valence-electron chi connectivity index (χ0n) is 22.7. The summed E-state index contributed by atoms with van der Waals surface area (Å²) in [6.07, 6.45) is -9.91. The number of hydrogen-bond acceptors (Lipinski definition) is 17. The van der Waals surface area contributed by atoms with Crippen LogP contribution in [-0.4, -0.2) is 109 Å². The molecule has 0 aromatic carbocycles. The molecule has 0 saturated carbocycles. The van der Waals surface area contributed by atoms with Gasteiger partial charge in [0.05, 0.1) is 19.3 Å². The molecule has 4 aromatic rings. The molecule has 3 saturated heterocycles. The summed E-state index contributed by atoms with van der Waals surface area (Å²) >= 11 is 6.17. The quantitative estimate of drug-likeness (QED) is 0.134. The molecule has 3 aliphatic rings. The number of halogens is 1. The molecule has 242 valence electrons. The van der Waals surface area contributed by atoms with Crippen molar-refractivity contribution >= 4 is 55.2 Å². The maximum absolute atomic E-state index is 13.2. The van der Waals surface area contributed by atoms with E-state index in [2.05, 4.69) is 29.9 Å². The van der Waals surface area contributed by atoms with Gasteiger partial charge in [0.1, 0.15) is 47.6 Å². The summed E-state index contributed by atoms with van der Waals surface area (Å²) in [5.41, 5.74) is 6.53. The van der Waals surface area contributed by atoms with Gasteiger partial charge in [-0.05, 0) is 6.92 Å². The molecular weight excluding hydrogens is 668 g/mol. The molecular formula is C21H24ClN9O12P2. The van der Waals surface area contributed by atoms with E-state index < -0.39 is 77.6 Å². The van der Waals surface area contributed by atoms with Crippen molar-refractivity contribution in [2.24, 2.45) is 0 Å². The predicted molar refractivity (Wildman–Crippen MR) is 146 cm³/mol. The van der Waals surface area contributed by atoms with Crippen LogP contribution in [0, 0.1) is 6.92 Å². The highest BCUT2D eigenvalue weighted by Gasteiger charge is 2.54. The summed E-state index contributed by atoms with van der Waals surface area (Å²) in [4.78, 5) is 45.8. The second-order valence-corrected chi connectivity index (χ2v) is 13.8. The summed E-state index contributed by atoms with van der Waals surface area (Å²) in [6.45, 7) is 0.813. The molecule has 0 bridgehead atoms. The van der Waals surface area contributed by atoms with Crippen molar-refractivity contribution in [2.45, 2.75) is 56.2 Å². The van der Waals surface area contributed by atoms with Gasteiger partial charge in [-0.25, -0.2) is 34.5 Å². The standard InChI is InChI=1S/C21H24ClN9O12P2/c1-7-28-15(22)9-18(29-7)31(4-26-9)19-11(32)13-8(40-19)2-39-45(36,37)43-14-12(33)20(41-21(14)38-6-44(34,35)42-13)30-5-27-10-16(23)24-3-25-17(10)30/h3-5,8,11-14,19-21,32-33H,2,6H2,1H3,(H,34,35)(H,36,37)(H2,23,24,25)/t8-,11?,12?,13+,14-,19-,20-,21+/m1/s1. The van der Waals surface area contributed by atoms with Crippen molar-refractivity contribution in [3.05, 3.63) is 30.0 Å². The maximum Gasteiger partial charge on any atom is 0.472 e. The maximum atomic E-state index is 13.2. The Balaban J connectivity index is 1.17. The van der Waals surface area contributed by atoms with Crippen LogP contribution in [0.3, 0.4) is 0 Å². The summed E-state index contributed by atoms with van der Waals surface area (Å²) in [5.74, 6) is 0.335. The fourth-order valence-electron chi connectivity index (χ4n) is 5.28. The molecule has 0 amide bonds. The molecule has 0 spiro atoms. The van der Waals surface area contributed by atoms with E-state index in [0.717, 1.165) is 6.33 Å². The first-order chi connectivity index (χ1) is 21.3.